The van der Waals surface area contributed by atoms with Crippen molar-refractivity contribution in [2.45, 2.75) is 94.3 Å². The van der Waals surface area contributed by atoms with Crippen molar-refractivity contribution in [1.29, 1.82) is 0 Å². The van der Waals surface area contributed by atoms with Gasteiger partial charge >= 0.3 is 0 Å². The molecule has 0 atom stereocenters. The number of anilines is 3. The van der Waals surface area contributed by atoms with Crippen LogP contribution in [0, 0.1) is 61.2 Å². The molecule has 0 amide bonds. The van der Waals surface area contributed by atoms with Crippen molar-refractivity contribution >= 4 is 28.8 Å². The largest absolute Gasteiger partial charge is 0.354 e. The van der Waals surface area contributed by atoms with Crippen LogP contribution in [0.25, 0.3) is 40.0 Å². The summed E-state index contributed by atoms with van der Waals surface area (Å²) in [6, 6.07) is 32.7. The minimum atomic E-state index is -0.378. The van der Waals surface area contributed by atoms with Gasteiger partial charge in [-0.25, -0.2) is 63.9 Å². The predicted octanol–water partition coefficient (Wildman–Crippen LogP) is 10.6. The van der Waals surface area contributed by atoms with Gasteiger partial charge in [0.25, 0.3) is 0 Å². The predicted molar refractivity (Wildman–Crippen MR) is 408 cm³/mol. The van der Waals surface area contributed by atoms with Gasteiger partial charge in [-0.2, -0.15) is 20.4 Å². The second kappa shape index (κ2) is 33.2. The molecule has 3 saturated heterocycles. The van der Waals surface area contributed by atoms with Crippen LogP contribution in [0.5, 0.6) is 0 Å². The smallest absolute Gasteiger partial charge is 0.161 e. The van der Waals surface area contributed by atoms with Crippen LogP contribution in [0.2, 0.25) is 0 Å². The van der Waals surface area contributed by atoms with Gasteiger partial charge in [0.15, 0.2) is 29.1 Å². The van der Waals surface area contributed by atoms with E-state index in [4.69, 9.17) is 29.9 Å². The highest BCUT2D eigenvalue weighted by Crippen LogP contribution is 2.27. The van der Waals surface area contributed by atoms with Crippen LogP contribution < -0.4 is 14.7 Å². The van der Waals surface area contributed by atoms with Crippen LogP contribution in [-0.2, 0) is 38.9 Å². The fourth-order valence-corrected chi connectivity index (χ4v) is 14.0. The number of thiazole rings is 1. The highest BCUT2D eigenvalue weighted by Gasteiger charge is 2.23. The molecule has 106 heavy (non-hydrogen) atoms. The maximum absolute atomic E-state index is 13.2. The van der Waals surface area contributed by atoms with Crippen LogP contribution in [0.1, 0.15) is 95.0 Å². The zero-order valence-electron chi connectivity index (χ0n) is 61.2. The Morgan fingerprint density at radius 2 is 0.745 bits per heavy atom. The van der Waals surface area contributed by atoms with Gasteiger partial charge in [0.05, 0.1) is 51.6 Å². The van der Waals surface area contributed by atoms with E-state index < -0.39 is 0 Å². The molecular weight excluding hydrogens is 1350 g/mol. The number of aryl methyl sites for hydroxylation is 8. The SMILES string of the molecule is Cc1cc(Cc2cc(C)[nH]n2)nc(-c2ccc(N3CCN(Cc4ccc(-n5cc(F)cn5)nc4)CC3)nc2)n1.Cc1cc(Cc2cc(C)[nH]n2)nc(-c2ccc(N3CCN(Cc4cnc(C)s4)CC3)nc2)n1.Cc1ccc(CN2CCN(c3ccc(-c4nc(C)cc(Cc5cc(C)[nH]n5)n4)cn3)CC2)cn1. The summed E-state index contributed by atoms with van der Waals surface area (Å²) in [4.78, 5) is 71.4. The van der Waals surface area contributed by atoms with E-state index in [0.717, 1.165) is 217 Å². The second-order valence-corrected chi connectivity index (χ2v) is 28.7. The zero-order valence-corrected chi connectivity index (χ0v) is 62.0. The van der Waals surface area contributed by atoms with E-state index in [2.05, 4.69) is 138 Å². The number of H-pyrrole nitrogens is 3. The molecule has 0 unspecified atom stereocenters. The standard InChI is InChI=1S/C28H29FN10.C26H30N8.C24H28N8S/c1-19-11-24(13-25-12-20(2)35-36-25)34-28(33-19)22-4-6-26(31-15-22)38-9-7-37(8-10-38)17-21-3-5-27(30-14-21)39-18-23(29)16-32-39;1-18-4-5-21(15-27-18)17-33-8-10-34(11-9-33)25-7-6-22(16-28-25)26-29-19(2)12-23(30-26)14-24-13-20(3)31-32-24;1-16-10-20(12-21-11-17(2)29-30-21)28-24(27-16)19-4-5-23(26-13-19)32-8-6-31(7-9-32)15-22-14-25-18(3)33-22/h3-6,11-12,14-16,18H,7-10,13,17H2,1-2H3,(H,35,36);4-7,12-13,15-16H,8-11,14,17H2,1-3H3,(H,31,32);4-5,10-11,13-14H,6-9,12,15H2,1-3H3,(H,29,30). The summed E-state index contributed by atoms with van der Waals surface area (Å²) in [5.41, 5.74) is 17.9. The van der Waals surface area contributed by atoms with Crippen molar-refractivity contribution in [2.24, 2.45) is 0 Å². The number of rotatable bonds is 19. The molecule has 542 valence electrons. The maximum atomic E-state index is 13.2. The number of pyridine rings is 5. The number of piperazine rings is 3. The third-order valence-electron chi connectivity index (χ3n) is 18.6. The number of halogens is 1. The number of aromatic amines is 3. The van der Waals surface area contributed by atoms with Crippen LogP contribution in [0.15, 0.2) is 147 Å². The Balaban J connectivity index is 0.000000134. The lowest BCUT2D eigenvalue weighted by Gasteiger charge is -2.35. The van der Waals surface area contributed by atoms with E-state index in [1.165, 1.54) is 27.5 Å². The highest BCUT2D eigenvalue weighted by atomic mass is 32.1. The fourth-order valence-electron chi connectivity index (χ4n) is 13.2. The quantitative estimate of drug-likeness (QED) is 0.0678. The van der Waals surface area contributed by atoms with Crippen molar-refractivity contribution in [3.05, 3.63) is 247 Å². The number of hydrogen-bond acceptors (Lipinski definition) is 23. The van der Waals surface area contributed by atoms with Gasteiger partial charge in [0.1, 0.15) is 17.5 Å². The van der Waals surface area contributed by atoms with Crippen molar-refractivity contribution in [3.8, 4) is 40.0 Å². The summed E-state index contributed by atoms with van der Waals surface area (Å²) in [5, 5.41) is 27.0. The summed E-state index contributed by atoms with van der Waals surface area (Å²) < 4.78 is 14.6. The lowest BCUT2D eigenvalue weighted by molar-refractivity contribution is 0.249. The summed E-state index contributed by atoms with van der Waals surface area (Å²) in [5.74, 6) is 5.28. The van der Waals surface area contributed by atoms with Gasteiger partial charge in [-0.1, -0.05) is 12.1 Å². The molecule has 3 aliphatic heterocycles. The number of nitrogens with zero attached hydrogens (tertiary/aromatic N) is 23. The second-order valence-electron chi connectivity index (χ2n) is 27.4. The molecule has 0 radical (unpaired) electrons. The van der Waals surface area contributed by atoms with E-state index in [-0.39, 0.29) is 5.82 Å². The van der Waals surface area contributed by atoms with Gasteiger partial charge in [0, 0.05) is 216 Å². The number of nitrogens with one attached hydrogen (secondary N) is 3. The fraction of sp³-hybridized carbons (Fsp3) is 0.333. The monoisotopic (exact) mass is 1440 g/mol. The molecule has 0 saturated carbocycles. The molecule has 28 heteroatoms. The molecule has 3 fully saturated rings. The molecule has 0 aromatic carbocycles. The molecule has 16 rings (SSSR count). The van der Waals surface area contributed by atoms with Crippen LogP contribution in [0.4, 0.5) is 21.8 Å². The summed E-state index contributed by atoms with van der Waals surface area (Å²) in [6.07, 6.45) is 15.9. The van der Waals surface area contributed by atoms with Crippen LogP contribution in [0.3, 0.4) is 0 Å². The molecule has 26 nitrogen and oxygen atoms in total. The number of hydrogen-bond donors (Lipinski definition) is 3. The zero-order chi connectivity index (χ0) is 73.0. The van der Waals surface area contributed by atoms with Crippen molar-refractivity contribution in [3.63, 3.8) is 0 Å². The summed E-state index contributed by atoms with van der Waals surface area (Å²) >= 11 is 1.79. The van der Waals surface area contributed by atoms with E-state index in [9.17, 15) is 4.39 Å². The third-order valence-corrected chi connectivity index (χ3v) is 19.5. The Kier molecular flexibility index (Phi) is 22.4. The Labute approximate surface area is 619 Å². The Morgan fingerprint density at radius 3 is 1.07 bits per heavy atom. The van der Waals surface area contributed by atoms with Crippen molar-refractivity contribution < 1.29 is 4.39 Å². The highest BCUT2D eigenvalue weighted by molar-refractivity contribution is 7.11. The summed E-state index contributed by atoms with van der Waals surface area (Å²) in [7, 11) is 0. The molecule has 13 aromatic rings. The molecule has 13 aromatic heterocycles. The third kappa shape index (κ3) is 19.1. The first-order valence-electron chi connectivity index (χ1n) is 35.9. The molecule has 3 N–H and O–H groups in total. The first-order chi connectivity index (χ1) is 51.5. The molecule has 16 heterocycles. The van der Waals surface area contributed by atoms with Gasteiger partial charge in [-0.3, -0.25) is 35.0 Å². The van der Waals surface area contributed by atoms with Crippen molar-refractivity contribution in [1.82, 2.24) is 115 Å². The van der Waals surface area contributed by atoms with E-state index in [1.807, 2.05) is 146 Å². The van der Waals surface area contributed by atoms with Crippen LogP contribution in [-0.4, -0.2) is 193 Å². The normalized spacial score (nSPS) is 14.4. The minimum absolute atomic E-state index is 0.378. The molecular formula is C78H87FN26S. The molecule has 0 bridgehead atoms. The average Bonchev–Trinajstić information content (AvgIpc) is 1.26. The van der Waals surface area contributed by atoms with Gasteiger partial charge in [0.2, 0.25) is 0 Å². The lowest BCUT2D eigenvalue weighted by atomic mass is 10.2. The van der Waals surface area contributed by atoms with Crippen LogP contribution >= 0.6 is 11.3 Å². The van der Waals surface area contributed by atoms with E-state index in [1.54, 1.807) is 11.3 Å². The Bertz CT molecular complexity index is 5010. The average molecular weight is 1440 g/mol. The minimum Gasteiger partial charge on any atom is -0.354 e. The molecule has 0 aliphatic carbocycles. The first kappa shape index (κ1) is 71.7. The molecule has 3 aliphatic rings. The first-order valence-corrected chi connectivity index (χ1v) is 36.7. The van der Waals surface area contributed by atoms with Gasteiger partial charge in [-0.05, 0) is 151 Å². The topological polar surface area (TPSA) is 278 Å². The van der Waals surface area contributed by atoms with E-state index in [0.29, 0.717) is 42.6 Å². The van der Waals surface area contributed by atoms with Gasteiger partial charge < -0.3 is 14.7 Å². The Hall–Kier alpha value is -11.3. The Morgan fingerprint density at radius 1 is 0.358 bits per heavy atom. The summed E-state index contributed by atoms with van der Waals surface area (Å²) in [6.45, 7) is 30.3. The van der Waals surface area contributed by atoms with Crippen molar-refractivity contribution in [2.75, 3.05) is 93.2 Å². The lowest BCUT2D eigenvalue weighted by Crippen LogP contribution is -2.46. The molecule has 0 spiro atoms. The maximum Gasteiger partial charge on any atom is 0.161 e. The van der Waals surface area contributed by atoms with Gasteiger partial charge in [-0.15, -0.1) is 11.3 Å². The number of aromatic nitrogens is 20. The van der Waals surface area contributed by atoms with E-state index >= 15 is 0 Å².